The van der Waals surface area contributed by atoms with E-state index >= 15 is 0 Å². The van der Waals surface area contributed by atoms with Crippen molar-refractivity contribution in [3.8, 4) is 11.5 Å². The summed E-state index contributed by atoms with van der Waals surface area (Å²) < 4.78 is 11.7. The zero-order valence-corrected chi connectivity index (χ0v) is 19.0. The second-order valence-corrected chi connectivity index (χ2v) is 7.61. The zero-order valence-electron chi connectivity index (χ0n) is 17.4. The van der Waals surface area contributed by atoms with E-state index in [9.17, 15) is 0 Å². The maximum absolute atomic E-state index is 6.14. The van der Waals surface area contributed by atoms with Crippen molar-refractivity contribution < 1.29 is 9.47 Å². The summed E-state index contributed by atoms with van der Waals surface area (Å²) in [7, 11) is 1.67. The average Bonchev–Trinajstić information content (AvgIpc) is 2.76. The topological polar surface area (TPSA) is 30.5 Å². The van der Waals surface area contributed by atoms with E-state index in [0.717, 1.165) is 47.0 Å². The predicted octanol–water partition coefficient (Wildman–Crippen LogP) is 6.46. The van der Waals surface area contributed by atoms with Gasteiger partial charge in [-0.05, 0) is 49.1 Å². The van der Waals surface area contributed by atoms with Crippen LogP contribution >= 0.6 is 24.0 Å². The molecule has 30 heavy (non-hydrogen) atoms. The van der Waals surface area contributed by atoms with Gasteiger partial charge in [0.15, 0.2) is 11.5 Å². The van der Waals surface area contributed by atoms with E-state index in [-0.39, 0.29) is 12.4 Å². The van der Waals surface area contributed by atoms with Crippen LogP contribution in [0.1, 0.15) is 30.0 Å². The summed E-state index contributed by atoms with van der Waals surface area (Å²) >= 11 is 5.97. The molecule has 3 aromatic rings. The number of benzene rings is 3. The average molecular weight is 446 g/mol. The highest BCUT2D eigenvalue weighted by Gasteiger charge is 2.12. The van der Waals surface area contributed by atoms with E-state index in [4.69, 9.17) is 21.1 Å². The van der Waals surface area contributed by atoms with E-state index in [0.29, 0.717) is 12.6 Å². The molecule has 0 bridgehead atoms. The Balaban J connectivity index is 0.00000320. The Labute approximate surface area is 190 Å². The summed E-state index contributed by atoms with van der Waals surface area (Å²) in [5, 5.41) is 4.34. The molecule has 3 aromatic carbocycles. The third-order valence-corrected chi connectivity index (χ3v) is 5.18. The van der Waals surface area contributed by atoms with Gasteiger partial charge in [0, 0.05) is 23.2 Å². The third kappa shape index (κ3) is 7.24. The molecule has 0 radical (unpaired) electrons. The summed E-state index contributed by atoms with van der Waals surface area (Å²) in [6.45, 7) is 3.41. The van der Waals surface area contributed by atoms with Gasteiger partial charge in [0.1, 0.15) is 6.61 Å². The molecular formula is C25H29Cl2NO2. The van der Waals surface area contributed by atoms with Crippen molar-refractivity contribution in [2.45, 2.75) is 39.0 Å². The molecule has 3 nitrogen and oxygen atoms in total. The fraction of sp³-hybridized carbons (Fsp3) is 0.280. The quantitative estimate of drug-likeness (QED) is 0.388. The Morgan fingerprint density at radius 2 is 1.63 bits per heavy atom. The minimum absolute atomic E-state index is 0. The maximum Gasteiger partial charge on any atom is 0.166 e. The van der Waals surface area contributed by atoms with Crippen molar-refractivity contribution in [3.05, 3.63) is 94.5 Å². The number of aryl methyl sites for hydroxylation is 1. The number of hydrogen-bond acceptors (Lipinski definition) is 3. The van der Waals surface area contributed by atoms with Gasteiger partial charge in [0.05, 0.1) is 7.11 Å². The molecule has 160 valence electrons. The molecule has 1 unspecified atom stereocenters. The monoisotopic (exact) mass is 445 g/mol. The van der Waals surface area contributed by atoms with Crippen molar-refractivity contribution in [3.63, 3.8) is 0 Å². The van der Waals surface area contributed by atoms with Gasteiger partial charge < -0.3 is 14.8 Å². The predicted molar refractivity (Wildman–Crippen MR) is 127 cm³/mol. The normalized spacial score (nSPS) is 11.4. The number of ether oxygens (including phenoxy) is 2. The van der Waals surface area contributed by atoms with E-state index in [1.807, 2.05) is 36.4 Å². The number of hydrogen-bond donors (Lipinski definition) is 1. The van der Waals surface area contributed by atoms with E-state index in [1.165, 1.54) is 5.56 Å². The fourth-order valence-corrected chi connectivity index (χ4v) is 3.30. The van der Waals surface area contributed by atoms with Crippen molar-refractivity contribution in [2.24, 2.45) is 0 Å². The number of para-hydroxylation sites is 1. The second kappa shape index (κ2) is 12.5. The molecule has 0 aliphatic rings. The first-order chi connectivity index (χ1) is 14.2. The molecular weight excluding hydrogens is 417 g/mol. The molecule has 5 heteroatoms. The van der Waals surface area contributed by atoms with Gasteiger partial charge in [-0.2, -0.15) is 0 Å². The van der Waals surface area contributed by atoms with Crippen LogP contribution in [0.4, 0.5) is 0 Å². The highest BCUT2D eigenvalue weighted by atomic mass is 35.5. The molecule has 0 spiro atoms. The van der Waals surface area contributed by atoms with Gasteiger partial charge in [0.2, 0.25) is 0 Å². The van der Waals surface area contributed by atoms with Crippen LogP contribution in [-0.2, 0) is 19.6 Å². The van der Waals surface area contributed by atoms with Gasteiger partial charge >= 0.3 is 0 Å². The van der Waals surface area contributed by atoms with E-state index in [1.54, 1.807) is 7.11 Å². The Morgan fingerprint density at radius 1 is 0.900 bits per heavy atom. The lowest BCUT2D eigenvalue weighted by atomic mass is 10.1. The molecule has 0 aromatic heterocycles. The summed E-state index contributed by atoms with van der Waals surface area (Å²) in [6.07, 6.45) is 2.14. The minimum atomic E-state index is 0. The second-order valence-electron chi connectivity index (χ2n) is 7.17. The summed E-state index contributed by atoms with van der Waals surface area (Å²) in [4.78, 5) is 0. The van der Waals surface area contributed by atoms with Crippen molar-refractivity contribution in [1.29, 1.82) is 0 Å². The van der Waals surface area contributed by atoms with Gasteiger partial charge in [-0.25, -0.2) is 0 Å². The Bertz CT molecular complexity index is 885. The van der Waals surface area contributed by atoms with Crippen LogP contribution in [0.2, 0.25) is 5.02 Å². The lowest BCUT2D eigenvalue weighted by Gasteiger charge is -2.18. The minimum Gasteiger partial charge on any atom is -0.493 e. The Kier molecular flexibility index (Phi) is 10.0. The number of nitrogens with one attached hydrogen (secondary N) is 1. The number of rotatable bonds is 10. The lowest BCUT2D eigenvalue weighted by molar-refractivity contribution is 0.280. The van der Waals surface area contributed by atoms with Gasteiger partial charge in [-0.15, -0.1) is 12.4 Å². The van der Waals surface area contributed by atoms with Crippen LogP contribution in [0.3, 0.4) is 0 Å². The van der Waals surface area contributed by atoms with Crippen LogP contribution in [0.15, 0.2) is 72.8 Å². The van der Waals surface area contributed by atoms with Crippen LogP contribution < -0.4 is 14.8 Å². The molecule has 1 atom stereocenters. The van der Waals surface area contributed by atoms with Crippen LogP contribution in [0.5, 0.6) is 11.5 Å². The Morgan fingerprint density at radius 3 is 2.33 bits per heavy atom. The molecule has 0 aliphatic carbocycles. The van der Waals surface area contributed by atoms with Crippen LogP contribution in [-0.4, -0.2) is 13.2 Å². The number of methoxy groups -OCH3 is 1. The van der Waals surface area contributed by atoms with Gasteiger partial charge in [-0.1, -0.05) is 66.2 Å². The van der Waals surface area contributed by atoms with Crippen LogP contribution in [0.25, 0.3) is 0 Å². The van der Waals surface area contributed by atoms with E-state index in [2.05, 4.69) is 48.6 Å². The number of halogens is 2. The highest BCUT2D eigenvalue weighted by Crippen LogP contribution is 2.32. The fourth-order valence-electron chi connectivity index (χ4n) is 3.18. The molecule has 0 saturated carbocycles. The first-order valence-corrected chi connectivity index (χ1v) is 10.3. The standard InChI is InChI=1S/C25H28ClNO2.ClH/c1-19(11-12-20-7-4-3-5-8-20)27-17-22-9-6-10-24(28-2)25(22)29-18-21-13-15-23(26)16-14-21;/h3-10,13-16,19,27H,11-12,17-18H2,1-2H3;1H. The summed E-state index contributed by atoms with van der Waals surface area (Å²) in [5.74, 6) is 1.53. The van der Waals surface area contributed by atoms with Crippen molar-refractivity contribution in [2.75, 3.05) is 7.11 Å². The first-order valence-electron chi connectivity index (χ1n) is 9.96. The molecule has 0 aliphatic heterocycles. The molecule has 0 fully saturated rings. The van der Waals surface area contributed by atoms with E-state index < -0.39 is 0 Å². The van der Waals surface area contributed by atoms with Crippen molar-refractivity contribution in [1.82, 2.24) is 5.32 Å². The zero-order chi connectivity index (χ0) is 20.5. The SMILES string of the molecule is COc1cccc(CNC(C)CCc2ccccc2)c1OCc1ccc(Cl)cc1.Cl. The van der Waals surface area contributed by atoms with Gasteiger partial charge in [0.25, 0.3) is 0 Å². The van der Waals surface area contributed by atoms with Crippen LogP contribution in [0, 0.1) is 0 Å². The van der Waals surface area contributed by atoms with Gasteiger partial charge in [-0.3, -0.25) is 0 Å². The molecule has 0 saturated heterocycles. The molecule has 1 N–H and O–H groups in total. The molecule has 3 rings (SSSR count). The first kappa shape index (κ1) is 24.1. The molecule has 0 heterocycles. The van der Waals surface area contributed by atoms with Crippen molar-refractivity contribution >= 4 is 24.0 Å². The summed E-state index contributed by atoms with van der Waals surface area (Å²) in [5.41, 5.74) is 3.52. The lowest BCUT2D eigenvalue weighted by Crippen LogP contribution is -2.26. The maximum atomic E-state index is 6.14. The molecule has 0 amide bonds. The summed E-state index contributed by atoms with van der Waals surface area (Å²) in [6, 6.07) is 24.7. The largest absolute Gasteiger partial charge is 0.493 e. The smallest absolute Gasteiger partial charge is 0.166 e. The highest BCUT2D eigenvalue weighted by molar-refractivity contribution is 6.30. The Hall–Kier alpha value is -2.20. The third-order valence-electron chi connectivity index (χ3n) is 4.93.